The Morgan fingerprint density at radius 3 is 2.70 bits per heavy atom. The van der Waals surface area contributed by atoms with Gasteiger partial charge in [-0.2, -0.15) is 5.10 Å². The molecule has 0 aliphatic carbocycles. The summed E-state index contributed by atoms with van der Waals surface area (Å²) in [5.74, 6) is -0.0988. The summed E-state index contributed by atoms with van der Waals surface area (Å²) in [7, 11) is 1.78. The van der Waals surface area contributed by atoms with Crippen LogP contribution in [0.25, 0.3) is 11.0 Å². The Balaban J connectivity index is 1.95. The number of hydrogen-bond acceptors (Lipinski definition) is 5. The van der Waals surface area contributed by atoms with Crippen LogP contribution in [0.1, 0.15) is 10.4 Å². The van der Waals surface area contributed by atoms with Crippen LogP contribution in [-0.2, 0) is 7.05 Å². The number of nitrogens with zero attached hydrogens (tertiary/aromatic N) is 4. The first-order valence-corrected chi connectivity index (χ1v) is 5.79. The molecule has 0 atom stereocenters. The zero-order chi connectivity index (χ0) is 14.1. The molecule has 1 N–H and O–H groups in total. The van der Waals surface area contributed by atoms with E-state index in [4.69, 9.17) is 9.84 Å². The fourth-order valence-corrected chi connectivity index (χ4v) is 1.80. The van der Waals surface area contributed by atoms with Gasteiger partial charge in [0.25, 0.3) is 0 Å². The average molecular weight is 270 g/mol. The first-order chi connectivity index (χ1) is 9.65. The van der Waals surface area contributed by atoms with Crippen LogP contribution in [0.2, 0.25) is 0 Å². The van der Waals surface area contributed by atoms with Crippen LogP contribution in [0.5, 0.6) is 11.6 Å². The summed E-state index contributed by atoms with van der Waals surface area (Å²) < 4.78 is 7.26. The molecule has 0 aliphatic rings. The largest absolute Gasteiger partial charge is 0.478 e. The van der Waals surface area contributed by atoms with Crippen LogP contribution in [0.4, 0.5) is 0 Å². The first kappa shape index (κ1) is 12.1. The number of ether oxygens (including phenoxy) is 1. The Hall–Kier alpha value is -2.96. The lowest BCUT2D eigenvalue weighted by Crippen LogP contribution is -1.96. The summed E-state index contributed by atoms with van der Waals surface area (Å²) in [5.41, 5.74) is 0.865. The molecule has 1 aromatic carbocycles. The summed E-state index contributed by atoms with van der Waals surface area (Å²) >= 11 is 0. The van der Waals surface area contributed by atoms with Crippen LogP contribution >= 0.6 is 0 Å². The smallest absolute Gasteiger partial charge is 0.335 e. The van der Waals surface area contributed by atoms with Gasteiger partial charge in [-0.3, -0.25) is 4.68 Å². The molecule has 7 nitrogen and oxygen atoms in total. The van der Waals surface area contributed by atoms with Crippen molar-refractivity contribution in [1.29, 1.82) is 0 Å². The predicted molar refractivity (Wildman–Crippen MR) is 69.8 cm³/mol. The third-order valence-corrected chi connectivity index (χ3v) is 2.81. The predicted octanol–water partition coefficient (Wildman–Crippen LogP) is 1.85. The molecule has 7 heteroatoms. The van der Waals surface area contributed by atoms with Crippen LogP contribution in [0.15, 0.2) is 36.8 Å². The summed E-state index contributed by atoms with van der Waals surface area (Å²) in [6, 6.07) is 6.10. The third-order valence-electron chi connectivity index (χ3n) is 2.81. The number of aromatic nitrogens is 4. The maximum Gasteiger partial charge on any atom is 0.335 e. The Labute approximate surface area is 113 Å². The van der Waals surface area contributed by atoms with Crippen molar-refractivity contribution in [2.45, 2.75) is 0 Å². The topological polar surface area (TPSA) is 90.1 Å². The van der Waals surface area contributed by atoms with Gasteiger partial charge in [0, 0.05) is 7.05 Å². The number of hydrogen-bond donors (Lipinski definition) is 1. The van der Waals surface area contributed by atoms with Gasteiger partial charge in [-0.25, -0.2) is 14.8 Å². The van der Waals surface area contributed by atoms with Crippen molar-refractivity contribution < 1.29 is 14.6 Å². The number of carbonyl (C=O) groups is 1. The quantitative estimate of drug-likeness (QED) is 0.781. The van der Waals surface area contributed by atoms with Gasteiger partial charge in [0.1, 0.15) is 17.5 Å². The van der Waals surface area contributed by atoms with E-state index in [1.807, 2.05) is 0 Å². The zero-order valence-electron chi connectivity index (χ0n) is 10.5. The van der Waals surface area contributed by atoms with E-state index < -0.39 is 5.97 Å². The maximum atomic E-state index is 10.8. The van der Waals surface area contributed by atoms with Gasteiger partial charge in [-0.05, 0) is 24.3 Å². The Bertz CT molecular complexity index is 780. The van der Waals surface area contributed by atoms with Crippen LogP contribution < -0.4 is 4.74 Å². The van der Waals surface area contributed by atoms with Gasteiger partial charge in [-0.15, -0.1) is 0 Å². The second-order valence-corrected chi connectivity index (χ2v) is 4.12. The van der Waals surface area contributed by atoms with Gasteiger partial charge in [-0.1, -0.05) is 0 Å². The van der Waals surface area contributed by atoms with E-state index in [0.717, 1.165) is 0 Å². The van der Waals surface area contributed by atoms with Gasteiger partial charge in [0.15, 0.2) is 5.65 Å². The summed E-state index contributed by atoms with van der Waals surface area (Å²) in [4.78, 5) is 19.0. The highest BCUT2D eigenvalue weighted by Crippen LogP contribution is 2.26. The highest BCUT2D eigenvalue weighted by molar-refractivity contribution is 5.87. The summed E-state index contributed by atoms with van der Waals surface area (Å²) in [5, 5.41) is 13.6. The Morgan fingerprint density at radius 2 is 2.00 bits per heavy atom. The van der Waals surface area contributed by atoms with E-state index in [0.29, 0.717) is 22.7 Å². The molecule has 0 amide bonds. The van der Waals surface area contributed by atoms with E-state index >= 15 is 0 Å². The lowest BCUT2D eigenvalue weighted by Gasteiger charge is -2.05. The molecule has 0 unspecified atom stereocenters. The number of carboxylic acid groups (broad SMARTS) is 1. The van der Waals surface area contributed by atoms with Crippen molar-refractivity contribution in [3.8, 4) is 11.6 Å². The molecule has 0 radical (unpaired) electrons. The van der Waals surface area contributed by atoms with Crippen molar-refractivity contribution in [1.82, 2.24) is 19.7 Å². The molecule has 0 bridgehead atoms. The first-order valence-electron chi connectivity index (χ1n) is 5.79. The van der Waals surface area contributed by atoms with Gasteiger partial charge >= 0.3 is 5.97 Å². The minimum absolute atomic E-state index is 0.201. The minimum Gasteiger partial charge on any atom is -0.478 e. The van der Waals surface area contributed by atoms with E-state index in [1.54, 1.807) is 30.1 Å². The fraction of sp³-hybridized carbons (Fsp3) is 0.0769. The van der Waals surface area contributed by atoms with Gasteiger partial charge in [0.2, 0.25) is 5.88 Å². The number of benzene rings is 1. The fourth-order valence-electron chi connectivity index (χ4n) is 1.80. The molecule has 0 saturated carbocycles. The molecule has 0 saturated heterocycles. The molecule has 2 heterocycles. The van der Waals surface area contributed by atoms with Gasteiger partial charge < -0.3 is 9.84 Å². The number of aryl methyl sites for hydroxylation is 1. The highest BCUT2D eigenvalue weighted by atomic mass is 16.5. The monoisotopic (exact) mass is 270 g/mol. The zero-order valence-corrected chi connectivity index (χ0v) is 10.5. The summed E-state index contributed by atoms with van der Waals surface area (Å²) in [6.45, 7) is 0. The normalized spacial score (nSPS) is 10.7. The number of carboxylic acids is 1. The lowest BCUT2D eigenvalue weighted by atomic mass is 10.2. The molecule has 0 aliphatic heterocycles. The van der Waals surface area contributed by atoms with Crippen molar-refractivity contribution in [3.05, 3.63) is 42.4 Å². The van der Waals surface area contributed by atoms with Crippen molar-refractivity contribution in [2.75, 3.05) is 0 Å². The molecular formula is C13H10N4O3. The van der Waals surface area contributed by atoms with Crippen molar-refractivity contribution in [3.63, 3.8) is 0 Å². The molecule has 100 valence electrons. The molecule has 0 spiro atoms. The number of fused-ring (bicyclic) bond motifs is 1. The van der Waals surface area contributed by atoms with Crippen molar-refractivity contribution in [2.24, 2.45) is 7.05 Å². The maximum absolute atomic E-state index is 10.8. The highest BCUT2D eigenvalue weighted by Gasteiger charge is 2.10. The molecule has 2 aromatic heterocycles. The van der Waals surface area contributed by atoms with Gasteiger partial charge in [0.05, 0.1) is 11.8 Å². The molecule has 3 aromatic rings. The van der Waals surface area contributed by atoms with E-state index in [-0.39, 0.29) is 5.56 Å². The number of rotatable bonds is 3. The molecule has 0 fully saturated rings. The van der Waals surface area contributed by atoms with E-state index in [1.165, 1.54) is 18.5 Å². The lowest BCUT2D eigenvalue weighted by molar-refractivity contribution is 0.0697. The van der Waals surface area contributed by atoms with E-state index in [9.17, 15) is 4.79 Å². The minimum atomic E-state index is -0.978. The van der Waals surface area contributed by atoms with Crippen LogP contribution in [0.3, 0.4) is 0 Å². The third kappa shape index (κ3) is 2.05. The summed E-state index contributed by atoms with van der Waals surface area (Å²) in [6.07, 6.45) is 3.02. The Morgan fingerprint density at radius 1 is 1.25 bits per heavy atom. The van der Waals surface area contributed by atoms with E-state index in [2.05, 4.69) is 15.1 Å². The second kappa shape index (κ2) is 4.61. The number of aromatic carboxylic acids is 1. The average Bonchev–Trinajstić information content (AvgIpc) is 2.82. The standard InChI is InChI=1S/C13H10N4O3/c1-17-11-10(6-16-17)12(15-7-14-11)20-9-4-2-8(3-5-9)13(18)19/h2-7H,1H3,(H,18,19). The molecule has 20 heavy (non-hydrogen) atoms. The molecular weight excluding hydrogens is 260 g/mol. The van der Waals surface area contributed by atoms with Crippen LogP contribution in [-0.4, -0.2) is 30.8 Å². The van der Waals surface area contributed by atoms with Crippen LogP contribution in [0, 0.1) is 0 Å². The SMILES string of the molecule is Cn1ncc2c(Oc3ccc(C(=O)O)cc3)ncnc21. The second-order valence-electron chi connectivity index (χ2n) is 4.12. The molecule has 3 rings (SSSR count). The Kier molecular flexibility index (Phi) is 2.79. The van der Waals surface area contributed by atoms with Crippen molar-refractivity contribution >= 4 is 17.0 Å².